The zero-order chi connectivity index (χ0) is 24.5. The number of amides is 3. The number of nitrogens with one attached hydrogen (secondary N) is 3. The average molecular weight is 503 g/mol. The maximum Gasteiger partial charge on any atom is 0.329 e. The van der Waals surface area contributed by atoms with Crippen LogP contribution in [0, 0.1) is 5.82 Å². The quantitative estimate of drug-likeness (QED) is 0.255. The first kappa shape index (κ1) is 24.7. The van der Waals surface area contributed by atoms with E-state index in [0.29, 0.717) is 22.0 Å². The van der Waals surface area contributed by atoms with Gasteiger partial charge in [-0.15, -0.1) is 0 Å². The summed E-state index contributed by atoms with van der Waals surface area (Å²) in [4.78, 5) is 35.8. The number of ether oxygens (including phenoxy) is 1. The lowest BCUT2D eigenvalue weighted by Crippen LogP contribution is -2.32. The van der Waals surface area contributed by atoms with Crippen molar-refractivity contribution in [2.24, 2.45) is 5.10 Å². The summed E-state index contributed by atoms with van der Waals surface area (Å²) >= 11 is 12.0. The number of benzene rings is 3. The van der Waals surface area contributed by atoms with Crippen LogP contribution >= 0.6 is 23.2 Å². The highest BCUT2D eigenvalue weighted by molar-refractivity contribution is 6.44. The number of hydrogen-bond acceptors (Lipinski definition) is 5. The molecule has 0 aliphatic rings. The van der Waals surface area contributed by atoms with E-state index in [4.69, 9.17) is 27.9 Å². The maximum absolute atomic E-state index is 12.9. The van der Waals surface area contributed by atoms with E-state index >= 15 is 0 Å². The molecule has 3 aromatic carbocycles. The molecule has 0 aliphatic carbocycles. The number of hydrogen-bond donors (Lipinski definition) is 3. The molecule has 0 bridgehead atoms. The second-order valence-electron chi connectivity index (χ2n) is 6.67. The van der Waals surface area contributed by atoms with E-state index in [9.17, 15) is 18.8 Å². The highest BCUT2D eigenvalue weighted by atomic mass is 35.5. The molecule has 34 heavy (non-hydrogen) atoms. The molecule has 0 atom stereocenters. The first-order chi connectivity index (χ1) is 16.3. The number of hydrazone groups is 1. The van der Waals surface area contributed by atoms with E-state index in [1.807, 2.05) is 0 Å². The standard InChI is InChI=1S/C23H17Cl2FN4O4/c24-18-5-2-6-19(21(18)25)29-20(31)13-34-17-4-1-3-14(11-17)12-27-30-23(33)22(32)28-16-9-7-15(26)8-10-16/h1-12H,13H2,(H,28,32)(H,29,31)(H,30,33)/b27-12-. The van der Waals surface area contributed by atoms with Crippen molar-refractivity contribution in [3.63, 3.8) is 0 Å². The first-order valence-corrected chi connectivity index (χ1v) is 10.4. The molecule has 0 saturated carbocycles. The van der Waals surface area contributed by atoms with Crippen LogP contribution in [0.3, 0.4) is 0 Å². The molecule has 3 amide bonds. The van der Waals surface area contributed by atoms with Crippen LogP contribution in [0.4, 0.5) is 15.8 Å². The van der Waals surface area contributed by atoms with Gasteiger partial charge in [0, 0.05) is 5.69 Å². The van der Waals surface area contributed by atoms with Crippen LogP contribution in [0.2, 0.25) is 10.0 Å². The van der Waals surface area contributed by atoms with Gasteiger partial charge in [0.25, 0.3) is 5.91 Å². The van der Waals surface area contributed by atoms with Crippen molar-refractivity contribution in [3.05, 3.63) is 88.2 Å². The summed E-state index contributed by atoms with van der Waals surface area (Å²) in [6, 6.07) is 16.3. The highest BCUT2D eigenvalue weighted by Crippen LogP contribution is 2.29. The van der Waals surface area contributed by atoms with Crippen molar-refractivity contribution < 1.29 is 23.5 Å². The number of nitrogens with zero attached hydrogens (tertiary/aromatic N) is 1. The minimum atomic E-state index is -1.01. The molecule has 3 rings (SSSR count). The van der Waals surface area contributed by atoms with Crippen LogP contribution in [-0.2, 0) is 14.4 Å². The molecule has 3 aromatic rings. The lowest BCUT2D eigenvalue weighted by molar-refractivity contribution is -0.136. The average Bonchev–Trinajstić information content (AvgIpc) is 2.82. The van der Waals surface area contributed by atoms with E-state index in [-0.39, 0.29) is 17.3 Å². The zero-order valence-electron chi connectivity index (χ0n) is 17.3. The van der Waals surface area contributed by atoms with E-state index in [1.165, 1.54) is 18.3 Å². The number of carbonyl (C=O) groups is 3. The molecule has 0 heterocycles. The smallest absolute Gasteiger partial charge is 0.329 e. The van der Waals surface area contributed by atoms with Gasteiger partial charge in [0.15, 0.2) is 6.61 Å². The SMILES string of the molecule is O=C(COc1cccc(/C=N\NC(=O)C(=O)Nc2ccc(F)cc2)c1)Nc1cccc(Cl)c1Cl. The lowest BCUT2D eigenvalue weighted by Gasteiger charge is -2.09. The van der Waals surface area contributed by atoms with Gasteiger partial charge in [0.1, 0.15) is 11.6 Å². The van der Waals surface area contributed by atoms with E-state index < -0.39 is 23.5 Å². The van der Waals surface area contributed by atoms with E-state index in [1.54, 1.807) is 42.5 Å². The summed E-state index contributed by atoms with van der Waals surface area (Å²) < 4.78 is 18.4. The van der Waals surface area contributed by atoms with Crippen molar-refractivity contribution >= 4 is 58.5 Å². The van der Waals surface area contributed by atoms with Crippen LogP contribution in [0.25, 0.3) is 0 Å². The molecule has 11 heteroatoms. The fourth-order valence-electron chi connectivity index (χ4n) is 2.56. The Morgan fingerprint density at radius 3 is 2.44 bits per heavy atom. The van der Waals surface area contributed by atoms with Gasteiger partial charge in [-0.1, -0.05) is 41.4 Å². The van der Waals surface area contributed by atoms with Crippen molar-refractivity contribution in [2.45, 2.75) is 0 Å². The highest BCUT2D eigenvalue weighted by Gasteiger charge is 2.13. The first-order valence-electron chi connectivity index (χ1n) is 9.68. The van der Waals surface area contributed by atoms with E-state index in [0.717, 1.165) is 12.1 Å². The summed E-state index contributed by atoms with van der Waals surface area (Å²) in [5.41, 5.74) is 3.25. The Hall–Kier alpha value is -3.95. The van der Waals surface area contributed by atoms with Crippen LogP contribution in [0.1, 0.15) is 5.56 Å². The third kappa shape index (κ3) is 7.29. The van der Waals surface area contributed by atoms with Gasteiger partial charge < -0.3 is 15.4 Å². The fraction of sp³-hybridized carbons (Fsp3) is 0.0435. The summed E-state index contributed by atoms with van der Waals surface area (Å²) in [7, 11) is 0. The van der Waals surface area contributed by atoms with Crippen LogP contribution in [0.5, 0.6) is 5.75 Å². The van der Waals surface area contributed by atoms with Crippen molar-refractivity contribution in [1.29, 1.82) is 0 Å². The van der Waals surface area contributed by atoms with Gasteiger partial charge in [0.05, 0.1) is 21.9 Å². The summed E-state index contributed by atoms with van der Waals surface area (Å²) in [6.07, 6.45) is 1.29. The van der Waals surface area contributed by atoms with Gasteiger partial charge in [-0.25, -0.2) is 9.82 Å². The maximum atomic E-state index is 12.9. The Labute approximate surface area is 203 Å². The summed E-state index contributed by atoms with van der Waals surface area (Å²) in [6.45, 7) is -0.288. The van der Waals surface area contributed by atoms with Gasteiger partial charge in [-0.05, 0) is 54.1 Å². The number of anilines is 2. The second kappa shape index (κ2) is 11.8. The molecule has 0 aliphatic heterocycles. The topological polar surface area (TPSA) is 109 Å². The van der Waals surface area contributed by atoms with Gasteiger partial charge in [0.2, 0.25) is 0 Å². The molecule has 3 N–H and O–H groups in total. The molecule has 0 spiro atoms. The van der Waals surface area contributed by atoms with Crippen molar-refractivity contribution in [1.82, 2.24) is 5.43 Å². The molecular weight excluding hydrogens is 486 g/mol. The molecule has 0 radical (unpaired) electrons. The molecule has 0 fully saturated rings. The second-order valence-corrected chi connectivity index (χ2v) is 7.46. The van der Waals surface area contributed by atoms with Crippen LogP contribution < -0.4 is 20.8 Å². The molecule has 174 valence electrons. The zero-order valence-corrected chi connectivity index (χ0v) is 18.9. The third-order valence-corrected chi connectivity index (χ3v) is 4.96. The molecule has 8 nitrogen and oxygen atoms in total. The molecule has 0 aromatic heterocycles. The largest absolute Gasteiger partial charge is 0.484 e. The van der Waals surface area contributed by atoms with Gasteiger partial charge >= 0.3 is 11.8 Å². The fourth-order valence-corrected chi connectivity index (χ4v) is 2.91. The molecule has 0 saturated heterocycles. The Morgan fingerprint density at radius 2 is 1.68 bits per heavy atom. The third-order valence-electron chi connectivity index (χ3n) is 4.14. The van der Waals surface area contributed by atoms with Crippen LogP contribution in [0.15, 0.2) is 71.8 Å². The number of rotatable bonds is 7. The Morgan fingerprint density at radius 1 is 0.941 bits per heavy atom. The van der Waals surface area contributed by atoms with Crippen molar-refractivity contribution in [2.75, 3.05) is 17.2 Å². The minimum absolute atomic E-state index is 0.226. The predicted octanol–water partition coefficient (Wildman–Crippen LogP) is 4.24. The minimum Gasteiger partial charge on any atom is -0.484 e. The lowest BCUT2D eigenvalue weighted by atomic mass is 10.2. The normalized spacial score (nSPS) is 10.6. The van der Waals surface area contributed by atoms with E-state index in [2.05, 4.69) is 21.2 Å². The van der Waals surface area contributed by atoms with Gasteiger partial charge in [-0.3, -0.25) is 14.4 Å². The summed E-state index contributed by atoms with van der Waals surface area (Å²) in [5, 5.41) is 9.18. The molecular formula is C23H17Cl2FN4O4. The number of halogens is 3. The van der Waals surface area contributed by atoms with Crippen molar-refractivity contribution in [3.8, 4) is 5.75 Å². The Bertz CT molecular complexity index is 1240. The molecule has 0 unspecified atom stereocenters. The van der Waals surface area contributed by atoms with Crippen LogP contribution in [-0.4, -0.2) is 30.5 Å². The Kier molecular flexibility index (Phi) is 8.55. The van der Waals surface area contributed by atoms with Gasteiger partial charge in [-0.2, -0.15) is 5.10 Å². The number of carbonyl (C=O) groups excluding carboxylic acids is 3. The summed E-state index contributed by atoms with van der Waals surface area (Å²) in [5.74, 6) is -2.51. The predicted molar refractivity (Wildman–Crippen MR) is 128 cm³/mol. The monoisotopic (exact) mass is 502 g/mol. The Balaban J connectivity index is 1.49.